The van der Waals surface area contributed by atoms with Gasteiger partial charge in [-0.2, -0.15) is 0 Å². The molecule has 0 saturated heterocycles. The van der Waals surface area contributed by atoms with E-state index < -0.39 is 0 Å². The predicted octanol–water partition coefficient (Wildman–Crippen LogP) is 0.895. The van der Waals surface area contributed by atoms with Gasteiger partial charge in [-0.1, -0.05) is 0 Å². The van der Waals surface area contributed by atoms with Crippen molar-refractivity contribution in [2.45, 2.75) is 19.8 Å². The number of hydrogen-bond acceptors (Lipinski definition) is 3. The molecule has 0 atom stereocenters. The second kappa shape index (κ2) is 7.63. The third kappa shape index (κ3) is 7.35. The van der Waals surface area contributed by atoms with Crippen LogP contribution in [-0.4, -0.2) is 37.6 Å². The number of carbonyl (C=O) groups is 1. The third-order valence-corrected chi connectivity index (χ3v) is 1.64. The maximum absolute atomic E-state index is 10.9. The fourth-order valence-electron chi connectivity index (χ4n) is 0.883. The Morgan fingerprint density at radius 2 is 2.23 bits per heavy atom. The summed E-state index contributed by atoms with van der Waals surface area (Å²) in [6, 6.07) is 0. The lowest BCUT2D eigenvalue weighted by molar-refractivity contribution is -0.143. The van der Waals surface area contributed by atoms with E-state index in [4.69, 9.17) is 11.2 Å². The Balaban J connectivity index is 3.41. The lowest BCUT2D eigenvalue weighted by atomic mass is 10.3. The molecule has 0 aromatic carbocycles. The first-order valence-electron chi connectivity index (χ1n) is 4.48. The first kappa shape index (κ1) is 12.0. The highest BCUT2D eigenvalue weighted by Gasteiger charge is 2.03. The Morgan fingerprint density at radius 1 is 1.54 bits per heavy atom. The Labute approximate surface area is 80.1 Å². The molecule has 0 aliphatic rings. The number of hydrogen-bond donors (Lipinski definition) is 0. The summed E-state index contributed by atoms with van der Waals surface area (Å²) in [5, 5.41) is 0. The summed E-state index contributed by atoms with van der Waals surface area (Å²) in [4.78, 5) is 13.0. The maximum atomic E-state index is 10.9. The summed E-state index contributed by atoms with van der Waals surface area (Å²) in [6.45, 7) is 3.79. The van der Waals surface area contributed by atoms with E-state index in [-0.39, 0.29) is 5.97 Å². The fourth-order valence-corrected chi connectivity index (χ4v) is 0.883. The summed E-state index contributed by atoms with van der Waals surface area (Å²) >= 11 is 0. The molecule has 0 unspecified atom stereocenters. The molecule has 0 amide bonds. The summed E-state index contributed by atoms with van der Waals surface area (Å²) in [5.74, 6) is 2.41. The van der Waals surface area contributed by atoms with E-state index in [1.807, 2.05) is 11.9 Å². The zero-order valence-corrected chi connectivity index (χ0v) is 8.38. The van der Waals surface area contributed by atoms with Crippen LogP contribution in [0.25, 0.3) is 0 Å². The molecule has 0 aromatic rings. The van der Waals surface area contributed by atoms with Crippen LogP contribution in [0.15, 0.2) is 0 Å². The standard InChI is InChI=1S/C10H17NO2/c1-4-6-8-11(3)9-7-10(12)13-5-2/h1H,5-9H2,2-3H3. The van der Waals surface area contributed by atoms with Crippen LogP contribution in [0, 0.1) is 12.3 Å². The molecule has 0 saturated carbocycles. The molecule has 13 heavy (non-hydrogen) atoms. The zero-order valence-electron chi connectivity index (χ0n) is 8.38. The van der Waals surface area contributed by atoms with Crippen LogP contribution < -0.4 is 0 Å². The predicted molar refractivity (Wildman–Crippen MR) is 52.2 cm³/mol. The van der Waals surface area contributed by atoms with E-state index in [0.29, 0.717) is 19.6 Å². The fraction of sp³-hybridized carbons (Fsp3) is 0.700. The molecule has 0 radical (unpaired) electrons. The van der Waals surface area contributed by atoms with Gasteiger partial charge in [-0.3, -0.25) is 4.79 Å². The van der Waals surface area contributed by atoms with Crippen molar-refractivity contribution >= 4 is 5.97 Å². The largest absolute Gasteiger partial charge is 0.466 e. The minimum atomic E-state index is -0.143. The van der Waals surface area contributed by atoms with Crippen molar-refractivity contribution < 1.29 is 9.53 Å². The number of carbonyl (C=O) groups excluding carboxylic acids is 1. The zero-order chi connectivity index (χ0) is 10.1. The van der Waals surface area contributed by atoms with Crippen molar-refractivity contribution in [1.82, 2.24) is 4.90 Å². The van der Waals surface area contributed by atoms with Crippen molar-refractivity contribution in [3.63, 3.8) is 0 Å². The molecule has 74 valence electrons. The molecule has 0 N–H and O–H groups in total. The first-order chi connectivity index (χ1) is 6.20. The normalized spacial score (nSPS) is 9.69. The highest BCUT2D eigenvalue weighted by Crippen LogP contribution is 1.92. The van der Waals surface area contributed by atoms with E-state index >= 15 is 0 Å². The van der Waals surface area contributed by atoms with Gasteiger partial charge in [-0.25, -0.2) is 0 Å². The van der Waals surface area contributed by atoms with Gasteiger partial charge in [0.15, 0.2) is 0 Å². The number of ether oxygens (including phenoxy) is 1. The average Bonchev–Trinajstić information content (AvgIpc) is 2.12. The summed E-state index contributed by atoms with van der Waals surface area (Å²) in [6.07, 6.45) is 6.27. The van der Waals surface area contributed by atoms with Crippen LogP contribution in [-0.2, 0) is 9.53 Å². The van der Waals surface area contributed by atoms with E-state index in [2.05, 4.69) is 5.92 Å². The lowest BCUT2D eigenvalue weighted by Gasteiger charge is -2.13. The van der Waals surface area contributed by atoms with Gasteiger partial charge in [-0.15, -0.1) is 12.3 Å². The molecule has 0 aliphatic heterocycles. The quantitative estimate of drug-likeness (QED) is 0.452. The first-order valence-corrected chi connectivity index (χ1v) is 4.48. The van der Waals surface area contributed by atoms with Gasteiger partial charge < -0.3 is 9.64 Å². The number of esters is 1. The van der Waals surface area contributed by atoms with E-state index in [0.717, 1.165) is 13.0 Å². The molecule has 0 fully saturated rings. The molecular weight excluding hydrogens is 166 g/mol. The van der Waals surface area contributed by atoms with Gasteiger partial charge in [0.25, 0.3) is 0 Å². The molecule has 0 spiro atoms. The van der Waals surface area contributed by atoms with E-state index in [1.165, 1.54) is 0 Å². The van der Waals surface area contributed by atoms with Crippen LogP contribution in [0.4, 0.5) is 0 Å². The smallest absolute Gasteiger partial charge is 0.307 e. The van der Waals surface area contributed by atoms with E-state index in [1.54, 1.807) is 6.92 Å². The van der Waals surface area contributed by atoms with Gasteiger partial charge >= 0.3 is 5.97 Å². The second-order valence-electron chi connectivity index (χ2n) is 2.81. The third-order valence-electron chi connectivity index (χ3n) is 1.64. The van der Waals surface area contributed by atoms with Gasteiger partial charge in [0.2, 0.25) is 0 Å². The monoisotopic (exact) mass is 183 g/mol. The molecule has 0 aliphatic carbocycles. The molecular formula is C10H17NO2. The lowest BCUT2D eigenvalue weighted by Crippen LogP contribution is -2.23. The van der Waals surface area contributed by atoms with E-state index in [9.17, 15) is 4.79 Å². The van der Waals surface area contributed by atoms with Crippen molar-refractivity contribution in [3.05, 3.63) is 0 Å². The molecule has 0 rings (SSSR count). The van der Waals surface area contributed by atoms with Crippen LogP contribution in [0.5, 0.6) is 0 Å². The SMILES string of the molecule is C#CCCN(C)CCC(=O)OCC. The number of rotatable bonds is 6. The topological polar surface area (TPSA) is 29.5 Å². The summed E-state index contributed by atoms with van der Waals surface area (Å²) in [7, 11) is 1.94. The molecule has 3 heteroatoms. The van der Waals surface area contributed by atoms with Crippen molar-refractivity contribution in [2.75, 3.05) is 26.7 Å². The Hall–Kier alpha value is -1.01. The van der Waals surface area contributed by atoms with Gasteiger partial charge in [-0.05, 0) is 14.0 Å². The highest BCUT2D eigenvalue weighted by molar-refractivity contribution is 5.69. The molecule has 3 nitrogen and oxygen atoms in total. The summed E-state index contributed by atoms with van der Waals surface area (Å²) in [5.41, 5.74) is 0. The summed E-state index contributed by atoms with van der Waals surface area (Å²) < 4.78 is 4.79. The Morgan fingerprint density at radius 3 is 2.77 bits per heavy atom. The highest BCUT2D eigenvalue weighted by atomic mass is 16.5. The number of terminal acetylenes is 1. The van der Waals surface area contributed by atoms with Crippen molar-refractivity contribution in [2.24, 2.45) is 0 Å². The maximum Gasteiger partial charge on any atom is 0.307 e. The molecule has 0 heterocycles. The van der Waals surface area contributed by atoms with Crippen LogP contribution in [0.2, 0.25) is 0 Å². The van der Waals surface area contributed by atoms with Crippen molar-refractivity contribution in [3.8, 4) is 12.3 Å². The van der Waals surface area contributed by atoms with Crippen molar-refractivity contribution in [1.29, 1.82) is 0 Å². The van der Waals surface area contributed by atoms with Gasteiger partial charge in [0.1, 0.15) is 0 Å². The molecule has 0 aromatic heterocycles. The minimum Gasteiger partial charge on any atom is -0.466 e. The molecule has 0 bridgehead atoms. The van der Waals surface area contributed by atoms with Gasteiger partial charge in [0, 0.05) is 19.5 Å². The number of nitrogens with zero attached hydrogens (tertiary/aromatic N) is 1. The minimum absolute atomic E-state index is 0.143. The van der Waals surface area contributed by atoms with Crippen LogP contribution in [0.1, 0.15) is 19.8 Å². The van der Waals surface area contributed by atoms with Gasteiger partial charge in [0.05, 0.1) is 13.0 Å². The average molecular weight is 183 g/mol. The Bertz CT molecular complexity index is 184. The second-order valence-corrected chi connectivity index (χ2v) is 2.81. The van der Waals surface area contributed by atoms with Crippen LogP contribution in [0.3, 0.4) is 0 Å². The Kier molecular flexibility index (Phi) is 7.04. The van der Waals surface area contributed by atoms with Crippen LogP contribution >= 0.6 is 0 Å².